The van der Waals surface area contributed by atoms with E-state index in [1.165, 1.54) is 0 Å². The molecule has 2 N–H and O–H groups in total. The van der Waals surface area contributed by atoms with Gasteiger partial charge >= 0.3 is 0 Å². The van der Waals surface area contributed by atoms with Crippen LogP contribution in [0, 0.1) is 13.8 Å². The summed E-state index contributed by atoms with van der Waals surface area (Å²) in [4.78, 5) is 19.6. The van der Waals surface area contributed by atoms with Crippen molar-refractivity contribution in [2.24, 2.45) is 0 Å². The van der Waals surface area contributed by atoms with E-state index in [0.717, 1.165) is 5.69 Å². The first-order valence-electron chi connectivity index (χ1n) is 4.78. The summed E-state index contributed by atoms with van der Waals surface area (Å²) in [5.41, 5.74) is 1.52. The third kappa shape index (κ3) is 2.22. The molecule has 0 aliphatic heterocycles. The smallest absolute Gasteiger partial charge is 0.295 e. The first-order chi connectivity index (χ1) is 7.65. The van der Waals surface area contributed by atoms with Crippen molar-refractivity contribution in [3.8, 4) is 0 Å². The van der Waals surface area contributed by atoms with Crippen molar-refractivity contribution < 1.29 is 4.79 Å². The number of anilines is 1. The molecule has 16 heavy (non-hydrogen) atoms. The van der Waals surface area contributed by atoms with Crippen LogP contribution in [0.1, 0.15) is 22.1 Å². The molecule has 0 aliphatic carbocycles. The minimum Gasteiger partial charge on any atom is -0.319 e. The van der Waals surface area contributed by atoms with Crippen LogP contribution in [-0.2, 0) is 0 Å². The highest BCUT2D eigenvalue weighted by Crippen LogP contribution is 2.08. The minimum absolute atomic E-state index is 0.131. The fraction of sp³-hybridized carbons (Fsp3) is 0.200. The normalized spacial score (nSPS) is 10.1. The number of aryl methyl sites for hydroxylation is 2. The molecule has 0 saturated carbocycles. The molecule has 0 atom stereocenters. The van der Waals surface area contributed by atoms with Gasteiger partial charge in [0.1, 0.15) is 5.82 Å². The van der Waals surface area contributed by atoms with Gasteiger partial charge in [0.15, 0.2) is 0 Å². The van der Waals surface area contributed by atoms with Crippen LogP contribution in [0.2, 0.25) is 0 Å². The van der Waals surface area contributed by atoms with Gasteiger partial charge in [-0.05, 0) is 26.0 Å². The molecule has 1 amide bonds. The van der Waals surface area contributed by atoms with Crippen LogP contribution in [0.3, 0.4) is 0 Å². The van der Waals surface area contributed by atoms with Gasteiger partial charge in [-0.3, -0.25) is 14.9 Å². The molecule has 82 valence electrons. The molecule has 2 aromatic rings. The molecule has 2 rings (SSSR count). The second-order valence-corrected chi connectivity index (χ2v) is 3.38. The standard InChI is InChI=1S/C10H11N5O/c1-6-5-8(3-4-11-6)13-10(16)9-12-7(2)14-15-9/h3-5H,1-2H3,(H,11,13,16)(H,12,14,15). The van der Waals surface area contributed by atoms with Gasteiger partial charge in [0.2, 0.25) is 5.82 Å². The van der Waals surface area contributed by atoms with E-state index >= 15 is 0 Å². The average molecular weight is 217 g/mol. The zero-order valence-electron chi connectivity index (χ0n) is 8.98. The van der Waals surface area contributed by atoms with Crippen LogP contribution in [0.25, 0.3) is 0 Å². The molecular formula is C10H11N5O. The Hall–Kier alpha value is -2.24. The van der Waals surface area contributed by atoms with E-state index in [0.29, 0.717) is 11.5 Å². The Kier molecular flexibility index (Phi) is 2.63. The predicted molar refractivity (Wildman–Crippen MR) is 58.0 cm³/mol. The molecule has 0 radical (unpaired) electrons. The van der Waals surface area contributed by atoms with Crippen LogP contribution in [-0.4, -0.2) is 26.1 Å². The molecule has 2 aromatic heterocycles. The summed E-state index contributed by atoms with van der Waals surface area (Å²) < 4.78 is 0. The summed E-state index contributed by atoms with van der Waals surface area (Å²) in [5, 5.41) is 9.07. The van der Waals surface area contributed by atoms with Gasteiger partial charge in [0.25, 0.3) is 5.91 Å². The SMILES string of the molecule is Cc1cc(NC(=O)c2n[nH]c(C)n2)ccn1. The number of nitrogens with zero attached hydrogens (tertiary/aromatic N) is 3. The maximum absolute atomic E-state index is 11.7. The zero-order valence-corrected chi connectivity index (χ0v) is 8.98. The lowest BCUT2D eigenvalue weighted by Gasteiger charge is -2.02. The third-order valence-corrected chi connectivity index (χ3v) is 1.95. The Balaban J connectivity index is 2.13. The Labute approximate surface area is 92.1 Å². The van der Waals surface area contributed by atoms with E-state index in [1.807, 2.05) is 6.92 Å². The van der Waals surface area contributed by atoms with Gasteiger partial charge in [-0.15, -0.1) is 5.10 Å². The van der Waals surface area contributed by atoms with Crippen LogP contribution < -0.4 is 5.32 Å². The molecule has 0 aliphatic rings. The van der Waals surface area contributed by atoms with Crippen molar-refractivity contribution in [1.82, 2.24) is 20.2 Å². The number of aromatic nitrogens is 4. The Bertz CT molecular complexity index is 519. The van der Waals surface area contributed by atoms with Crippen LogP contribution in [0.5, 0.6) is 0 Å². The lowest BCUT2D eigenvalue weighted by molar-refractivity contribution is 0.101. The summed E-state index contributed by atoms with van der Waals surface area (Å²) in [5.74, 6) is 0.401. The Morgan fingerprint density at radius 2 is 2.25 bits per heavy atom. The molecule has 0 bridgehead atoms. The number of amides is 1. The lowest BCUT2D eigenvalue weighted by Crippen LogP contribution is -2.13. The highest BCUT2D eigenvalue weighted by atomic mass is 16.2. The monoisotopic (exact) mass is 217 g/mol. The quantitative estimate of drug-likeness (QED) is 0.788. The number of aromatic amines is 1. The van der Waals surface area contributed by atoms with Crippen molar-refractivity contribution in [2.75, 3.05) is 5.32 Å². The second-order valence-electron chi connectivity index (χ2n) is 3.38. The largest absolute Gasteiger partial charge is 0.319 e. The molecule has 6 heteroatoms. The fourth-order valence-electron chi connectivity index (χ4n) is 1.25. The summed E-state index contributed by atoms with van der Waals surface area (Å²) in [6.45, 7) is 3.59. The summed E-state index contributed by atoms with van der Waals surface area (Å²) in [6.07, 6.45) is 1.63. The Morgan fingerprint density at radius 1 is 1.44 bits per heavy atom. The average Bonchev–Trinajstić information content (AvgIpc) is 2.65. The highest BCUT2D eigenvalue weighted by molar-refractivity contribution is 6.01. The predicted octanol–water partition coefficient (Wildman–Crippen LogP) is 1.07. The number of hydrogen-bond acceptors (Lipinski definition) is 4. The zero-order chi connectivity index (χ0) is 11.5. The summed E-state index contributed by atoms with van der Waals surface area (Å²) >= 11 is 0. The third-order valence-electron chi connectivity index (χ3n) is 1.95. The van der Waals surface area contributed by atoms with E-state index in [-0.39, 0.29) is 11.7 Å². The first-order valence-corrected chi connectivity index (χ1v) is 4.78. The number of H-pyrrole nitrogens is 1. The Morgan fingerprint density at radius 3 is 2.88 bits per heavy atom. The number of hydrogen-bond donors (Lipinski definition) is 2. The number of rotatable bonds is 2. The van der Waals surface area contributed by atoms with Gasteiger partial charge in [-0.1, -0.05) is 0 Å². The maximum atomic E-state index is 11.7. The molecular weight excluding hydrogens is 206 g/mol. The lowest BCUT2D eigenvalue weighted by atomic mass is 10.3. The van der Waals surface area contributed by atoms with Crippen LogP contribution in [0.4, 0.5) is 5.69 Å². The maximum Gasteiger partial charge on any atom is 0.295 e. The molecule has 6 nitrogen and oxygen atoms in total. The van der Waals surface area contributed by atoms with Crippen molar-refractivity contribution in [2.45, 2.75) is 13.8 Å². The fourth-order valence-corrected chi connectivity index (χ4v) is 1.25. The molecule has 0 aromatic carbocycles. The van der Waals surface area contributed by atoms with Crippen LogP contribution in [0.15, 0.2) is 18.3 Å². The minimum atomic E-state index is -0.338. The van der Waals surface area contributed by atoms with Crippen molar-refractivity contribution >= 4 is 11.6 Å². The van der Waals surface area contributed by atoms with Gasteiger partial charge in [-0.25, -0.2) is 4.98 Å². The molecule has 0 fully saturated rings. The molecule has 2 heterocycles. The molecule has 0 spiro atoms. The van der Waals surface area contributed by atoms with Crippen LogP contribution >= 0.6 is 0 Å². The highest BCUT2D eigenvalue weighted by Gasteiger charge is 2.10. The van der Waals surface area contributed by atoms with E-state index in [2.05, 4.69) is 25.5 Å². The topological polar surface area (TPSA) is 83.6 Å². The number of carbonyl (C=O) groups is 1. The van der Waals surface area contributed by atoms with E-state index in [4.69, 9.17) is 0 Å². The van der Waals surface area contributed by atoms with E-state index in [9.17, 15) is 4.79 Å². The summed E-state index contributed by atoms with van der Waals surface area (Å²) in [7, 11) is 0. The van der Waals surface area contributed by atoms with Gasteiger partial charge in [0, 0.05) is 17.6 Å². The van der Waals surface area contributed by atoms with Crippen molar-refractivity contribution in [1.29, 1.82) is 0 Å². The second kappa shape index (κ2) is 4.09. The van der Waals surface area contributed by atoms with E-state index in [1.54, 1.807) is 25.3 Å². The van der Waals surface area contributed by atoms with Gasteiger partial charge < -0.3 is 5.32 Å². The van der Waals surface area contributed by atoms with Crippen molar-refractivity contribution in [3.63, 3.8) is 0 Å². The number of pyridine rings is 1. The number of carbonyl (C=O) groups excluding carboxylic acids is 1. The molecule has 0 unspecified atom stereocenters. The van der Waals surface area contributed by atoms with E-state index < -0.39 is 0 Å². The van der Waals surface area contributed by atoms with Crippen molar-refractivity contribution in [3.05, 3.63) is 35.7 Å². The molecule has 0 saturated heterocycles. The summed E-state index contributed by atoms with van der Waals surface area (Å²) in [6, 6.07) is 3.49. The first kappa shape index (κ1) is 10.3. The number of nitrogens with one attached hydrogen (secondary N) is 2. The van der Waals surface area contributed by atoms with Gasteiger partial charge in [-0.2, -0.15) is 0 Å². The van der Waals surface area contributed by atoms with Gasteiger partial charge in [0.05, 0.1) is 0 Å².